The van der Waals surface area contributed by atoms with E-state index < -0.39 is 4.92 Å². The van der Waals surface area contributed by atoms with Crippen LogP contribution in [0.4, 0.5) is 11.4 Å². The second kappa shape index (κ2) is 10.5. The fourth-order valence-corrected chi connectivity index (χ4v) is 2.87. The van der Waals surface area contributed by atoms with Gasteiger partial charge in [-0.25, -0.2) is 0 Å². The van der Waals surface area contributed by atoms with Crippen molar-refractivity contribution in [3.8, 4) is 5.75 Å². The lowest BCUT2D eigenvalue weighted by Crippen LogP contribution is -2.25. The van der Waals surface area contributed by atoms with Crippen LogP contribution in [0.1, 0.15) is 31.9 Å². The van der Waals surface area contributed by atoms with Crippen LogP contribution in [0, 0.1) is 10.1 Å². The lowest BCUT2D eigenvalue weighted by atomic mass is 10.1. The van der Waals surface area contributed by atoms with Crippen molar-refractivity contribution in [2.45, 2.75) is 27.3 Å². The average Bonchev–Trinajstić information content (AvgIpc) is 2.71. The summed E-state index contributed by atoms with van der Waals surface area (Å²) in [5, 5.41) is 28.4. The molecule has 3 N–H and O–H groups in total. The van der Waals surface area contributed by atoms with E-state index in [0.717, 1.165) is 24.2 Å². The Bertz CT molecular complexity index is 913. The number of aromatic hydroxyl groups is 1. The van der Waals surface area contributed by atoms with Crippen molar-refractivity contribution in [1.82, 2.24) is 10.3 Å². The van der Waals surface area contributed by atoms with Crippen LogP contribution in [0.25, 0.3) is 0 Å². The zero-order valence-corrected chi connectivity index (χ0v) is 17.5. The number of hydrogen-bond acceptors (Lipinski definition) is 6. The molecule has 0 aliphatic rings. The van der Waals surface area contributed by atoms with Crippen molar-refractivity contribution in [3.05, 3.63) is 63.7 Å². The molecule has 8 nitrogen and oxygen atoms in total. The van der Waals surface area contributed by atoms with Gasteiger partial charge in [-0.05, 0) is 62.1 Å². The van der Waals surface area contributed by atoms with E-state index >= 15 is 0 Å². The van der Waals surface area contributed by atoms with Crippen molar-refractivity contribution in [2.75, 3.05) is 18.4 Å². The Morgan fingerprint density at radius 1 is 1.24 bits per heavy atom. The molecule has 0 saturated carbocycles. The zero-order valence-electron chi connectivity index (χ0n) is 16.7. The molecule has 154 valence electrons. The van der Waals surface area contributed by atoms with Gasteiger partial charge in [-0.1, -0.05) is 26.0 Å². The molecule has 0 spiro atoms. The van der Waals surface area contributed by atoms with Crippen LogP contribution in [0.2, 0.25) is 0 Å². The van der Waals surface area contributed by atoms with Gasteiger partial charge in [0.25, 0.3) is 5.69 Å². The number of hydrogen-bond donors (Lipinski definition) is 3. The maximum absolute atomic E-state index is 11.1. The van der Waals surface area contributed by atoms with E-state index in [1.807, 2.05) is 13.0 Å². The van der Waals surface area contributed by atoms with Crippen molar-refractivity contribution in [3.63, 3.8) is 0 Å². The Balaban J connectivity index is 2.09. The maximum atomic E-state index is 11.1. The van der Waals surface area contributed by atoms with Crippen LogP contribution < -0.4 is 10.7 Å². The third-order valence-corrected chi connectivity index (χ3v) is 4.65. The van der Waals surface area contributed by atoms with Gasteiger partial charge in [0.1, 0.15) is 11.4 Å². The molecule has 2 aromatic carbocycles. The first kappa shape index (κ1) is 22.3. The van der Waals surface area contributed by atoms with Crippen LogP contribution >= 0.6 is 12.2 Å². The molecular formula is C20H25N5O3S. The highest BCUT2D eigenvalue weighted by molar-refractivity contribution is 7.80. The van der Waals surface area contributed by atoms with Gasteiger partial charge < -0.3 is 10.4 Å². The summed E-state index contributed by atoms with van der Waals surface area (Å²) >= 11 is 5.19. The quantitative estimate of drug-likeness (QED) is 0.260. The SMILES string of the molecule is CCN(CC)Cc1cc(/C(C)=N/NC(=S)Nc2ccccc2[N+](=O)[O-])ccc1O. The highest BCUT2D eigenvalue weighted by atomic mass is 32.1. The van der Waals surface area contributed by atoms with E-state index in [4.69, 9.17) is 12.2 Å². The third kappa shape index (κ3) is 6.23. The van der Waals surface area contributed by atoms with E-state index in [2.05, 4.69) is 34.6 Å². The second-order valence-electron chi connectivity index (χ2n) is 6.34. The largest absolute Gasteiger partial charge is 0.508 e. The Morgan fingerprint density at radius 2 is 1.93 bits per heavy atom. The number of thiocarbonyl (C=S) groups is 1. The molecule has 0 aromatic heterocycles. The van der Waals surface area contributed by atoms with Crippen molar-refractivity contribution >= 4 is 34.4 Å². The minimum atomic E-state index is -0.479. The summed E-state index contributed by atoms with van der Waals surface area (Å²) in [6, 6.07) is 11.6. The first-order valence-corrected chi connectivity index (χ1v) is 9.65. The molecule has 2 aromatic rings. The van der Waals surface area contributed by atoms with Gasteiger partial charge in [-0.15, -0.1) is 0 Å². The smallest absolute Gasteiger partial charge is 0.292 e. The fourth-order valence-electron chi connectivity index (χ4n) is 2.71. The number of phenolic OH excluding ortho intramolecular Hbond substituents is 1. The van der Waals surface area contributed by atoms with Gasteiger partial charge >= 0.3 is 0 Å². The Morgan fingerprint density at radius 3 is 2.59 bits per heavy atom. The summed E-state index contributed by atoms with van der Waals surface area (Å²) < 4.78 is 0. The summed E-state index contributed by atoms with van der Waals surface area (Å²) in [6.07, 6.45) is 0. The molecule has 9 heteroatoms. The molecule has 0 bridgehead atoms. The van der Waals surface area contributed by atoms with Crippen LogP contribution in [0.3, 0.4) is 0 Å². The van der Waals surface area contributed by atoms with Crippen LogP contribution in [0.5, 0.6) is 5.75 Å². The molecule has 0 unspecified atom stereocenters. The Hall–Kier alpha value is -3.04. The highest BCUT2D eigenvalue weighted by Gasteiger charge is 2.13. The summed E-state index contributed by atoms with van der Waals surface area (Å²) in [5.74, 6) is 0.245. The summed E-state index contributed by atoms with van der Waals surface area (Å²) in [6.45, 7) is 8.39. The monoisotopic (exact) mass is 415 g/mol. The first-order chi connectivity index (χ1) is 13.8. The van der Waals surface area contributed by atoms with Crippen LogP contribution in [-0.2, 0) is 6.54 Å². The fraction of sp³-hybridized carbons (Fsp3) is 0.300. The molecule has 0 heterocycles. The van der Waals surface area contributed by atoms with E-state index in [9.17, 15) is 15.2 Å². The number of hydrazone groups is 1. The molecule has 0 amide bonds. The Labute approximate surface area is 175 Å². The Kier molecular flexibility index (Phi) is 8.05. The lowest BCUT2D eigenvalue weighted by molar-refractivity contribution is -0.383. The predicted molar refractivity (Wildman–Crippen MR) is 119 cm³/mol. The number of nitrogens with zero attached hydrogens (tertiary/aromatic N) is 3. The van der Waals surface area contributed by atoms with Gasteiger partial charge in [-0.2, -0.15) is 5.10 Å². The van der Waals surface area contributed by atoms with Gasteiger partial charge in [0.2, 0.25) is 0 Å². The molecule has 0 atom stereocenters. The average molecular weight is 416 g/mol. The number of nitro groups is 1. The minimum absolute atomic E-state index is 0.0723. The number of nitrogens with one attached hydrogen (secondary N) is 2. The van der Waals surface area contributed by atoms with Gasteiger partial charge in [-0.3, -0.25) is 20.4 Å². The number of phenols is 1. The third-order valence-electron chi connectivity index (χ3n) is 4.46. The summed E-state index contributed by atoms with van der Waals surface area (Å²) in [5.41, 5.74) is 5.24. The molecule has 29 heavy (non-hydrogen) atoms. The van der Waals surface area contributed by atoms with Gasteiger partial charge in [0.05, 0.1) is 10.6 Å². The maximum Gasteiger partial charge on any atom is 0.292 e. The first-order valence-electron chi connectivity index (χ1n) is 9.25. The van der Waals surface area contributed by atoms with Gasteiger partial charge in [0.15, 0.2) is 5.11 Å². The van der Waals surface area contributed by atoms with E-state index in [1.54, 1.807) is 30.3 Å². The number of benzene rings is 2. The molecule has 0 radical (unpaired) electrons. The number of nitro benzene ring substituents is 1. The lowest BCUT2D eigenvalue weighted by Gasteiger charge is -2.19. The van der Waals surface area contributed by atoms with E-state index in [0.29, 0.717) is 12.3 Å². The molecule has 0 fully saturated rings. The van der Waals surface area contributed by atoms with Crippen LogP contribution in [0.15, 0.2) is 47.6 Å². The molecular weight excluding hydrogens is 390 g/mol. The standard InChI is InChI=1S/C20H25N5O3S/c1-4-24(5-2)13-16-12-15(10-11-19(16)26)14(3)22-23-20(29)21-17-8-6-7-9-18(17)25(27)28/h6-12,26H,4-5,13H2,1-3H3,(H2,21,23,29)/b22-14+. The number of rotatable bonds is 8. The highest BCUT2D eigenvalue weighted by Crippen LogP contribution is 2.23. The van der Waals surface area contributed by atoms with E-state index in [-0.39, 0.29) is 22.2 Å². The normalized spacial score (nSPS) is 11.4. The van der Waals surface area contributed by atoms with Crippen molar-refractivity contribution < 1.29 is 10.0 Å². The number of para-hydroxylation sites is 2. The zero-order chi connectivity index (χ0) is 21.4. The molecule has 2 rings (SSSR count). The minimum Gasteiger partial charge on any atom is -0.508 e. The molecule has 0 aliphatic carbocycles. The molecule has 0 saturated heterocycles. The number of anilines is 1. The van der Waals surface area contributed by atoms with Gasteiger partial charge in [0, 0.05) is 18.2 Å². The second-order valence-corrected chi connectivity index (χ2v) is 6.75. The van der Waals surface area contributed by atoms with Crippen LogP contribution in [-0.4, -0.2) is 38.8 Å². The van der Waals surface area contributed by atoms with E-state index in [1.165, 1.54) is 6.07 Å². The predicted octanol–water partition coefficient (Wildman–Crippen LogP) is 3.85. The van der Waals surface area contributed by atoms with Crippen molar-refractivity contribution in [2.24, 2.45) is 5.10 Å². The summed E-state index contributed by atoms with van der Waals surface area (Å²) in [7, 11) is 0. The summed E-state index contributed by atoms with van der Waals surface area (Å²) in [4.78, 5) is 12.8. The topological polar surface area (TPSA) is 103 Å². The molecule has 0 aliphatic heterocycles. The van der Waals surface area contributed by atoms with Crippen molar-refractivity contribution in [1.29, 1.82) is 0 Å².